The lowest BCUT2D eigenvalue weighted by molar-refractivity contribution is 0.0955. The summed E-state index contributed by atoms with van der Waals surface area (Å²) in [6.45, 7) is 2.09. The molecule has 1 amide bonds. The van der Waals surface area contributed by atoms with E-state index in [2.05, 4.69) is 17.5 Å². The van der Waals surface area contributed by atoms with Crippen LogP contribution < -0.4 is 5.43 Å². The number of hydrogen-bond acceptors (Lipinski definition) is 3. The van der Waals surface area contributed by atoms with Gasteiger partial charge in [0.25, 0.3) is 5.91 Å². The fourth-order valence-electron chi connectivity index (χ4n) is 1.47. The Morgan fingerprint density at radius 3 is 2.68 bits per heavy atom. The Labute approximate surface area is 114 Å². The number of hydrogen-bond donors (Lipinski definition) is 1. The topological polar surface area (TPSA) is 41.5 Å². The summed E-state index contributed by atoms with van der Waals surface area (Å²) in [6.07, 6.45) is 2.59. The highest BCUT2D eigenvalue weighted by molar-refractivity contribution is 7.13. The third-order valence-electron chi connectivity index (χ3n) is 2.50. The first-order chi connectivity index (χ1) is 9.19. The van der Waals surface area contributed by atoms with E-state index < -0.39 is 0 Å². The van der Waals surface area contributed by atoms with E-state index in [0.29, 0.717) is 5.56 Å². The van der Waals surface area contributed by atoms with Gasteiger partial charge in [0.2, 0.25) is 0 Å². The van der Waals surface area contributed by atoms with Crippen LogP contribution in [0.4, 0.5) is 4.39 Å². The zero-order valence-corrected chi connectivity index (χ0v) is 11.2. The smallest absolute Gasteiger partial charge is 0.267 e. The SMILES string of the molecule is CCc1ccc(C=NNC(=O)c2ccc(F)cc2)s1. The van der Waals surface area contributed by atoms with Gasteiger partial charge in [-0.05, 0) is 42.8 Å². The number of aryl methyl sites for hydroxylation is 1. The van der Waals surface area contributed by atoms with Crippen molar-refractivity contribution in [3.05, 3.63) is 57.5 Å². The maximum Gasteiger partial charge on any atom is 0.271 e. The Hall–Kier alpha value is -2.01. The normalized spacial score (nSPS) is 10.8. The molecular weight excluding hydrogens is 263 g/mol. The second kappa shape index (κ2) is 6.24. The van der Waals surface area contributed by atoms with Crippen LogP contribution in [0.3, 0.4) is 0 Å². The number of amides is 1. The summed E-state index contributed by atoms with van der Waals surface area (Å²) in [5, 5.41) is 3.88. The van der Waals surface area contributed by atoms with E-state index in [1.165, 1.54) is 29.1 Å². The molecule has 0 fully saturated rings. The molecule has 0 saturated heterocycles. The standard InChI is InChI=1S/C14H13FN2OS/c1-2-12-7-8-13(19-12)9-16-17-14(18)10-3-5-11(15)6-4-10/h3-9H,2H2,1H3,(H,17,18). The van der Waals surface area contributed by atoms with Crippen molar-refractivity contribution in [2.45, 2.75) is 13.3 Å². The van der Waals surface area contributed by atoms with Crippen molar-refractivity contribution in [3.8, 4) is 0 Å². The van der Waals surface area contributed by atoms with Gasteiger partial charge in [-0.15, -0.1) is 11.3 Å². The average molecular weight is 276 g/mol. The highest BCUT2D eigenvalue weighted by Gasteiger charge is 2.03. The molecule has 19 heavy (non-hydrogen) atoms. The summed E-state index contributed by atoms with van der Waals surface area (Å²) in [5.41, 5.74) is 2.78. The van der Waals surface area contributed by atoms with Crippen LogP contribution in [0.15, 0.2) is 41.5 Å². The van der Waals surface area contributed by atoms with Crippen LogP contribution in [0, 0.1) is 5.82 Å². The Balaban J connectivity index is 1.94. The van der Waals surface area contributed by atoms with Gasteiger partial charge in [0.15, 0.2) is 0 Å². The van der Waals surface area contributed by atoms with Crippen LogP contribution in [0.25, 0.3) is 0 Å². The molecular formula is C14H13FN2OS. The van der Waals surface area contributed by atoms with Crippen molar-refractivity contribution >= 4 is 23.5 Å². The first kappa shape index (κ1) is 13.4. The number of benzene rings is 1. The number of carbonyl (C=O) groups excluding carboxylic acids is 1. The van der Waals surface area contributed by atoms with Crippen LogP contribution in [0.5, 0.6) is 0 Å². The fraction of sp³-hybridized carbons (Fsp3) is 0.143. The molecule has 0 aliphatic rings. The molecule has 0 aliphatic carbocycles. The molecule has 0 atom stereocenters. The minimum absolute atomic E-state index is 0.358. The van der Waals surface area contributed by atoms with Crippen LogP contribution in [-0.4, -0.2) is 12.1 Å². The molecule has 0 saturated carbocycles. The van der Waals surface area contributed by atoms with Crippen molar-refractivity contribution in [1.29, 1.82) is 0 Å². The number of halogens is 1. The summed E-state index contributed by atoms with van der Waals surface area (Å²) in [7, 11) is 0. The molecule has 1 aromatic carbocycles. The zero-order chi connectivity index (χ0) is 13.7. The molecule has 1 N–H and O–H groups in total. The van der Waals surface area contributed by atoms with E-state index in [0.717, 1.165) is 11.3 Å². The van der Waals surface area contributed by atoms with Crippen molar-refractivity contribution in [3.63, 3.8) is 0 Å². The quantitative estimate of drug-likeness (QED) is 0.676. The third kappa shape index (κ3) is 3.72. The monoisotopic (exact) mass is 276 g/mol. The first-order valence-electron chi connectivity index (χ1n) is 5.86. The molecule has 0 unspecified atom stereocenters. The lowest BCUT2D eigenvalue weighted by Gasteiger charge is -1.98. The second-order valence-corrected chi connectivity index (χ2v) is 5.06. The third-order valence-corrected chi connectivity index (χ3v) is 3.66. The summed E-state index contributed by atoms with van der Waals surface area (Å²) >= 11 is 1.63. The summed E-state index contributed by atoms with van der Waals surface area (Å²) < 4.78 is 12.7. The van der Waals surface area contributed by atoms with Crippen molar-refractivity contribution in [2.24, 2.45) is 5.10 Å². The summed E-state index contributed by atoms with van der Waals surface area (Å²) in [6, 6.07) is 9.31. The molecule has 1 aromatic heterocycles. The molecule has 0 bridgehead atoms. The van der Waals surface area contributed by atoms with Gasteiger partial charge in [-0.1, -0.05) is 6.92 Å². The lowest BCUT2D eigenvalue weighted by Crippen LogP contribution is -2.17. The van der Waals surface area contributed by atoms with Gasteiger partial charge in [0.05, 0.1) is 6.21 Å². The Bertz CT molecular complexity index is 590. The Morgan fingerprint density at radius 1 is 1.32 bits per heavy atom. The molecule has 0 radical (unpaired) electrons. The van der Waals surface area contributed by atoms with Crippen LogP contribution >= 0.6 is 11.3 Å². The molecule has 5 heteroatoms. The van der Waals surface area contributed by atoms with Gasteiger partial charge >= 0.3 is 0 Å². The molecule has 0 aliphatic heterocycles. The number of hydrazone groups is 1. The maximum atomic E-state index is 12.7. The van der Waals surface area contributed by atoms with Crippen LogP contribution in [0.2, 0.25) is 0 Å². The fourth-order valence-corrected chi connectivity index (χ4v) is 2.30. The van der Waals surface area contributed by atoms with Gasteiger partial charge in [-0.25, -0.2) is 9.82 Å². The number of rotatable bonds is 4. The Kier molecular flexibility index (Phi) is 4.41. The van der Waals surface area contributed by atoms with Gasteiger partial charge in [0.1, 0.15) is 5.82 Å². The van der Waals surface area contributed by atoms with Gasteiger partial charge in [0, 0.05) is 15.3 Å². The molecule has 3 nitrogen and oxygen atoms in total. The predicted octanol–water partition coefficient (Wildman–Crippen LogP) is 3.21. The van der Waals surface area contributed by atoms with E-state index in [4.69, 9.17) is 0 Å². The zero-order valence-electron chi connectivity index (χ0n) is 10.4. The number of nitrogens with one attached hydrogen (secondary N) is 1. The maximum absolute atomic E-state index is 12.7. The second-order valence-electron chi connectivity index (χ2n) is 3.86. The predicted molar refractivity (Wildman–Crippen MR) is 75.2 cm³/mol. The Morgan fingerprint density at radius 2 is 2.05 bits per heavy atom. The summed E-state index contributed by atoms with van der Waals surface area (Å²) in [5.74, 6) is -0.728. The van der Waals surface area contributed by atoms with Crippen LogP contribution in [0.1, 0.15) is 27.0 Å². The van der Waals surface area contributed by atoms with Gasteiger partial charge in [-0.2, -0.15) is 5.10 Å². The van der Waals surface area contributed by atoms with E-state index in [-0.39, 0.29) is 11.7 Å². The molecule has 2 rings (SSSR count). The van der Waals surface area contributed by atoms with E-state index >= 15 is 0 Å². The van der Waals surface area contributed by atoms with Gasteiger partial charge < -0.3 is 0 Å². The number of carbonyl (C=O) groups is 1. The minimum Gasteiger partial charge on any atom is -0.267 e. The first-order valence-corrected chi connectivity index (χ1v) is 6.68. The minimum atomic E-state index is -0.370. The van der Waals surface area contributed by atoms with E-state index in [1.807, 2.05) is 12.1 Å². The molecule has 98 valence electrons. The van der Waals surface area contributed by atoms with Crippen molar-refractivity contribution < 1.29 is 9.18 Å². The molecule has 1 heterocycles. The average Bonchev–Trinajstić information content (AvgIpc) is 2.87. The number of nitrogens with zero attached hydrogens (tertiary/aromatic N) is 1. The molecule has 0 spiro atoms. The largest absolute Gasteiger partial charge is 0.271 e. The van der Waals surface area contributed by atoms with Crippen molar-refractivity contribution in [2.75, 3.05) is 0 Å². The van der Waals surface area contributed by atoms with E-state index in [1.54, 1.807) is 17.6 Å². The lowest BCUT2D eigenvalue weighted by atomic mass is 10.2. The van der Waals surface area contributed by atoms with E-state index in [9.17, 15) is 9.18 Å². The highest BCUT2D eigenvalue weighted by Crippen LogP contribution is 2.14. The highest BCUT2D eigenvalue weighted by atomic mass is 32.1. The van der Waals surface area contributed by atoms with Crippen LogP contribution in [-0.2, 0) is 6.42 Å². The number of thiophene rings is 1. The van der Waals surface area contributed by atoms with Crippen molar-refractivity contribution in [1.82, 2.24) is 5.43 Å². The molecule has 2 aromatic rings. The van der Waals surface area contributed by atoms with Gasteiger partial charge in [-0.3, -0.25) is 4.79 Å². The summed E-state index contributed by atoms with van der Waals surface area (Å²) in [4.78, 5) is 13.9.